The lowest BCUT2D eigenvalue weighted by atomic mass is 10.3. The molecule has 0 fully saturated rings. The molecule has 0 atom stereocenters. The van der Waals surface area contributed by atoms with Gasteiger partial charge in [0, 0.05) is 5.69 Å². The predicted molar refractivity (Wildman–Crippen MR) is 85.9 cm³/mol. The summed E-state index contributed by atoms with van der Waals surface area (Å²) >= 11 is 3.07. The Morgan fingerprint density at radius 3 is 2.57 bits per heavy atom. The lowest BCUT2D eigenvalue weighted by Gasteiger charge is -2.08. The average Bonchev–Trinajstić information content (AvgIpc) is 2.78. The summed E-state index contributed by atoms with van der Waals surface area (Å²) in [6, 6.07) is 6.90. The topological polar surface area (TPSA) is 56.1 Å². The van der Waals surface area contributed by atoms with Crippen molar-refractivity contribution in [2.75, 3.05) is 11.9 Å². The molecule has 2 rings (SSSR count). The number of aromatic nitrogens is 2. The number of amides is 1. The van der Waals surface area contributed by atoms with Crippen LogP contribution in [-0.4, -0.2) is 22.3 Å². The lowest BCUT2D eigenvalue weighted by molar-refractivity contribution is -0.117. The van der Waals surface area contributed by atoms with Crippen LogP contribution in [0.25, 0.3) is 0 Å². The van der Waals surface area contributed by atoms with Gasteiger partial charge in [-0.05, 0) is 54.0 Å². The van der Waals surface area contributed by atoms with Gasteiger partial charge in [-0.2, -0.15) is 5.10 Å². The molecule has 0 aliphatic carbocycles. The zero-order valence-electron chi connectivity index (χ0n) is 12.6. The van der Waals surface area contributed by atoms with Crippen LogP contribution in [0.2, 0.25) is 0 Å². The van der Waals surface area contributed by atoms with E-state index in [9.17, 15) is 13.6 Å². The maximum absolute atomic E-state index is 12.8. The number of hydrogen-bond acceptors (Lipinski definition) is 3. The second kappa shape index (κ2) is 7.54. The first-order chi connectivity index (χ1) is 10.9. The number of hydrogen-bond donors (Lipinski definition) is 1. The molecular formula is C15H16BrF2N3O2. The van der Waals surface area contributed by atoms with E-state index in [0.29, 0.717) is 23.7 Å². The van der Waals surface area contributed by atoms with Gasteiger partial charge >= 0.3 is 0 Å². The third-order valence-corrected chi connectivity index (χ3v) is 4.09. The summed E-state index contributed by atoms with van der Waals surface area (Å²) in [6.07, 6.45) is -2.70. The van der Waals surface area contributed by atoms with Crippen LogP contribution in [0.4, 0.5) is 14.5 Å². The predicted octanol–water partition coefficient (Wildman–Crippen LogP) is 3.93. The fourth-order valence-corrected chi connectivity index (χ4v) is 2.44. The first-order valence-corrected chi connectivity index (χ1v) is 7.75. The summed E-state index contributed by atoms with van der Waals surface area (Å²) in [7, 11) is 0. The largest absolute Gasteiger partial charge is 0.494 e. The highest BCUT2D eigenvalue weighted by Gasteiger charge is 2.21. The van der Waals surface area contributed by atoms with Crippen molar-refractivity contribution in [3.8, 4) is 5.75 Å². The van der Waals surface area contributed by atoms with Gasteiger partial charge in [0.05, 0.1) is 16.8 Å². The van der Waals surface area contributed by atoms with Crippen LogP contribution in [-0.2, 0) is 11.3 Å². The molecule has 124 valence electrons. The van der Waals surface area contributed by atoms with E-state index in [-0.39, 0.29) is 22.6 Å². The third-order valence-electron chi connectivity index (χ3n) is 3.11. The minimum atomic E-state index is -2.70. The SMILES string of the molecule is CCOc1ccc(NC(=O)Cn2nc(C(F)F)c(Br)c2C)cc1. The van der Waals surface area contributed by atoms with Gasteiger partial charge in [0.1, 0.15) is 18.0 Å². The van der Waals surface area contributed by atoms with E-state index in [1.165, 1.54) is 4.68 Å². The number of benzene rings is 1. The average molecular weight is 388 g/mol. The quantitative estimate of drug-likeness (QED) is 0.816. The van der Waals surface area contributed by atoms with Crippen molar-refractivity contribution in [3.63, 3.8) is 0 Å². The molecule has 5 nitrogen and oxygen atoms in total. The van der Waals surface area contributed by atoms with Crippen molar-refractivity contribution >= 4 is 27.5 Å². The highest BCUT2D eigenvalue weighted by atomic mass is 79.9. The number of carbonyl (C=O) groups is 1. The fourth-order valence-electron chi connectivity index (χ4n) is 1.98. The molecule has 0 radical (unpaired) electrons. The maximum Gasteiger partial charge on any atom is 0.283 e. The molecule has 1 aromatic heterocycles. The smallest absolute Gasteiger partial charge is 0.283 e. The molecule has 23 heavy (non-hydrogen) atoms. The van der Waals surface area contributed by atoms with E-state index >= 15 is 0 Å². The Labute approximate surface area is 140 Å². The first-order valence-electron chi connectivity index (χ1n) is 6.96. The zero-order valence-corrected chi connectivity index (χ0v) is 14.2. The minimum Gasteiger partial charge on any atom is -0.494 e. The van der Waals surface area contributed by atoms with Crippen molar-refractivity contribution in [3.05, 3.63) is 40.1 Å². The number of nitrogens with zero attached hydrogens (tertiary/aromatic N) is 2. The summed E-state index contributed by atoms with van der Waals surface area (Å²) in [5.41, 5.74) is 0.704. The number of rotatable bonds is 6. The van der Waals surface area contributed by atoms with Crippen LogP contribution in [0.1, 0.15) is 24.7 Å². The number of carbonyl (C=O) groups excluding carboxylic acids is 1. The molecule has 2 aromatic rings. The maximum atomic E-state index is 12.8. The lowest BCUT2D eigenvalue weighted by Crippen LogP contribution is -2.20. The molecule has 8 heteroatoms. The number of halogens is 3. The molecule has 0 aliphatic rings. The van der Waals surface area contributed by atoms with Gasteiger partial charge < -0.3 is 10.1 Å². The monoisotopic (exact) mass is 387 g/mol. The summed E-state index contributed by atoms with van der Waals surface area (Å²) < 4.78 is 32.4. The minimum absolute atomic E-state index is 0.148. The highest BCUT2D eigenvalue weighted by molar-refractivity contribution is 9.10. The zero-order chi connectivity index (χ0) is 17.0. The number of nitrogens with one attached hydrogen (secondary N) is 1. The molecule has 0 unspecified atom stereocenters. The van der Waals surface area contributed by atoms with Gasteiger partial charge in [0.25, 0.3) is 6.43 Å². The summed E-state index contributed by atoms with van der Waals surface area (Å²) in [5.74, 6) is 0.354. The van der Waals surface area contributed by atoms with Crippen molar-refractivity contribution in [1.29, 1.82) is 0 Å². The van der Waals surface area contributed by atoms with Crippen LogP contribution in [0.5, 0.6) is 5.75 Å². The normalized spacial score (nSPS) is 10.9. The Bertz CT molecular complexity index is 687. The first kappa shape index (κ1) is 17.4. The van der Waals surface area contributed by atoms with Crippen LogP contribution in [0, 0.1) is 6.92 Å². The molecule has 0 spiro atoms. The van der Waals surface area contributed by atoms with Gasteiger partial charge in [0.15, 0.2) is 0 Å². The highest BCUT2D eigenvalue weighted by Crippen LogP contribution is 2.29. The van der Waals surface area contributed by atoms with E-state index in [1.54, 1.807) is 31.2 Å². The van der Waals surface area contributed by atoms with Crippen molar-refractivity contribution < 1.29 is 18.3 Å². The number of ether oxygens (including phenoxy) is 1. The Morgan fingerprint density at radius 2 is 2.04 bits per heavy atom. The molecule has 1 N–H and O–H groups in total. The fraction of sp³-hybridized carbons (Fsp3) is 0.333. The molecule has 0 aliphatic heterocycles. The van der Waals surface area contributed by atoms with Gasteiger partial charge in [-0.25, -0.2) is 8.78 Å². The second-order valence-electron chi connectivity index (χ2n) is 4.75. The van der Waals surface area contributed by atoms with Crippen LogP contribution in [0.3, 0.4) is 0 Å². The van der Waals surface area contributed by atoms with E-state index in [2.05, 4.69) is 26.3 Å². The van der Waals surface area contributed by atoms with E-state index in [1.807, 2.05) is 6.92 Å². The van der Waals surface area contributed by atoms with E-state index in [0.717, 1.165) is 0 Å². The molecule has 1 heterocycles. The third kappa shape index (κ3) is 4.28. The van der Waals surface area contributed by atoms with Gasteiger partial charge in [-0.3, -0.25) is 9.48 Å². The molecule has 0 saturated heterocycles. The molecule has 1 amide bonds. The second-order valence-corrected chi connectivity index (χ2v) is 5.54. The van der Waals surface area contributed by atoms with E-state index < -0.39 is 6.43 Å². The number of alkyl halides is 2. The van der Waals surface area contributed by atoms with Crippen LogP contribution in [0.15, 0.2) is 28.7 Å². The molecule has 0 bridgehead atoms. The molecule has 0 saturated carbocycles. The molecule has 1 aromatic carbocycles. The summed E-state index contributed by atoms with van der Waals surface area (Å²) in [5, 5.41) is 6.45. The summed E-state index contributed by atoms with van der Waals surface area (Å²) in [4.78, 5) is 12.0. The van der Waals surface area contributed by atoms with Crippen molar-refractivity contribution in [1.82, 2.24) is 9.78 Å². The molecular weight excluding hydrogens is 372 g/mol. The van der Waals surface area contributed by atoms with Crippen molar-refractivity contribution in [2.45, 2.75) is 26.8 Å². The van der Waals surface area contributed by atoms with E-state index in [4.69, 9.17) is 4.74 Å². The Balaban J connectivity index is 2.03. The van der Waals surface area contributed by atoms with Gasteiger partial charge in [0.2, 0.25) is 5.91 Å². The summed E-state index contributed by atoms with van der Waals surface area (Å²) in [6.45, 7) is 3.91. The van der Waals surface area contributed by atoms with Gasteiger partial charge in [-0.15, -0.1) is 0 Å². The number of anilines is 1. The van der Waals surface area contributed by atoms with Crippen LogP contribution < -0.4 is 10.1 Å². The Kier molecular flexibility index (Phi) is 5.70. The van der Waals surface area contributed by atoms with Gasteiger partial charge in [-0.1, -0.05) is 0 Å². The Hall–Kier alpha value is -1.96. The van der Waals surface area contributed by atoms with Crippen molar-refractivity contribution in [2.24, 2.45) is 0 Å². The standard InChI is InChI=1S/C15H16BrF2N3O2/c1-3-23-11-6-4-10(5-7-11)19-12(22)8-21-9(2)13(16)14(20-21)15(17)18/h4-7,15H,3,8H2,1-2H3,(H,19,22). The van der Waals surface area contributed by atoms with Crippen LogP contribution >= 0.6 is 15.9 Å². The Morgan fingerprint density at radius 1 is 1.39 bits per heavy atom.